The Kier molecular flexibility index (Phi) is 5.45. The lowest BCUT2D eigenvalue weighted by molar-refractivity contribution is -0.385. The van der Waals surface area contributed by atoms with Gasteiger partial charge in [0.1, 0.15) is 0 Å². The zero-order valence-corrected chi connectivity index (χ0v) is 11.6. The van der Waals surface area contributed by atoms with Gasteiger partial charge in [0, 0.05) is 18.7 Å². The van der Waals surface area contributed by atoms with E-state index in [1.54, 1.807) is 7.11 Å². The highest BCUT2D eigenvalue weighted by Crippen LogP contribution is 2.26. The van der Waals surface area contributed by atoms with Crippen molar-refractivity contribution in [3.05, 3.63) is 33.9 Å². The summed E-state index contributed by atoms with van der Waals surface area (Å²) >= 11 is 0. The van der Waals surface area contributed by atoms with Gasteiger partial charge in [-0.25, -0.2) is 0 Å². The van der Waals surface area contributed by atoms with Crippen LogP contribution >= 0.6 is 0 Å². The van der Waals surface area contributed by atoms with E-state index in [1.165, 1.54) is 6.07 Å². The summed E-state index contributed by atoms with van der Waals surface area (Å²) < 4.78 is 5.02. The molecule has 0 aliphatic heterocycles. The van der Waals surface area contributed by atoms with Gasteiger partial charge < -0.3 is 15.2 Å². The number of ether oxygens (including phenoxy) is 1. The van der Waals surface area contributed by atoms with E-state index in [-0.39, 0.29) is 17.5 Å². The Hall–Kier alpha value is -2.15. The van der Waals surface area contributed by atoms with Crippen LogP contribution in [0.3, 0.4) is 0 Å². The van der Waals surface area contributed by atoms with Gasteiger partial charge in [-0.15, -0.1) is 0 Å². The highest BCUT2D eigenvalue weighted by molar-refractivity contribution is 5.95. The molecule has 7 nitrogen and oxygen atoms in total. The maximum atomic E-state index is 12.0. The first-order chi connectivity index (χ1) is 9.36. The lowest BCUT2D eigenvalue weighted by atomic mass is 10.0. The molecule has 1 rings (SSSR count). The van der Waals surface area contributed by atoms with Crippen LogP contribution in [0.25, 0.3) is 0 Å². The van der Waals surface area contributed by atoms with Crippen LogP contribution in [-0.2, 0) is 4.74 Å². The van der Waals surface area contributed by atoms with E-state index < -0.39 is 22.3 Å². The number of rotatable bonds is 6. The molecule has 2 N–H and O–H groups in total. The molecule has 0 radical (unpaired) electrons. The molecular weight excluding hydrogens is 264 g/mol. The highest BCUT2D eigenvalue weighted by Gasteiger charge is 2.20. The maximum absolute atomic E-state index is 12.0. The number of benzene rings is 1. The van der Waals surface area contributed by atoms with E-state index in [0.717, 1.165) is 12.1 Å². The number of methoxy groups -OCH3 is 1. The van der Waals surface area contributed by atoms with Gasteiger partial charge >= 0.3 is 5.69 Å². The molecule has 0 saturated carbocycles. The molecule has 1 aromatic rings. The number of carbonyl (C=O) groups is 1. The van der Waals surface area contributed by atoms with Crippen molar-refractivity contribution in [3.8, 4) is 5.75 Å². The monoisotopic (exact) mass is 282 g/mol. The normalized spacial score (nSPS) is 12.2. The fourth-order valence-corrected chi connectivity index (χ4v) is 1.65. The van der Waals surface area contributed by atoms with Crippen LogP contribution in [0.1, 0.15) is 24.2 Å². The summed E-state index contributed by atoms with van der Waals surface area (Å²) in [6.45, 7) is 4.25. The average molecular weight is 282 g/mol. The maximum Gasteiger partial charge on any atom is 0.310 e. The van der Waals surface area contributed by atoms with Gasteiger partial charge in [0.15, 0.2) is 5.75 Å². The van der Waals surface area contributed by atoms with Crippen molar-refractivity contribution in [2.75, 3.05) is 13.7 Å². The van der Waals surface area contributed by atoms with Crippen LogP contribution in [0.2, 0.25) is 0 Å². The fraction of sp³-hybridized carbons (Fsp3) is 0.462. The van der Waals surface area contributed by atoms with Crippen molar-refractivity contribution < 1.29 is 19.6 Å². The molecule has 20 heavy (non-hydrogen) atoms. The van der Waals surface area contributed by atoms with E-state index >= 15 is 0 Å². The largest absolute Gasteiger partial charge is 0.502 e. The number of hydrogen-bond donors (Lipinski definition) is 2. The quantitative estimate of drug-likeness (QED) is 0.610. The van der Waals surface area contributed by atoms with Gasteiger partial charge in [-0.3, -0.25) is 14.9 Å². The summed E-state index contributed by atoms with van der Waals surface area (Å²) in [6.07, 6.45) is 0. The van der Waals surface area contributed by atoms with Gasteiger partial charge in [0.05, 0.1) is 17.6 Å². The van der Waals surface area contributed by atoms with Crippen molar-refractivity contribution >= 4 is 11.6 Å². The number of phenolic OH excluding ortho intramolecular Hbond substituents is 1. The molecule has 0 saturated heterocycles. The number of nitro groups is 1. The molecule has 1 unspecified atom stereocenters. The van der Waals surface area contributed by atoms with Crippen molar-refractivity contribution in [3.63, 3.8) is 0 Å². The van der Waals surface area contributed by atoms with Gasteiger partial charge in [-0.1, -0.05) is 13.8 Å². The number of amides is 1. The first-order valence-electron chi connectivity index (χ1n) is 6.14. The number of nitrogens with zero attached hydrogens (tertiary/aromatic N) is 1. The van der Waals surface area contributed by atoms with Crippen molar-refractivity contribution in [2.24, 2.45) is 5.92 Å². The summed E-state index contributed by atoms with van der Waals surface area (Å²) in [6, 6.07) is 3.31. The topological polar surface area (TPSA) is 102 Å². The van der Waals surface area contributed by atoms with Crippen LogP contribution in [0.4, 0.5) is 5.69 Å². The predicted molar refractivity (Wildman–Crippen MR) is 72.7 cm³/mol. The smallest absolute Gasteiger partial charge is 0.310 e. The van der Waals surface area contributed by atoms with Gasteiger partial charge in [-0.2, -0.15) is 0 Å². The summed E-state index contributed by atoms with van der Waals surface area (Å²) in [5.41, 5.74) is -0.270. The molecule has 1 atom stereocenters. The molecule has 0 heterocycles. The first-order valence-corrected chi connectivity index (χ1v) is 6.14. The Morgan fingerprint density at radius 3 is 2.60 bits per heavy atom. The number of carbonyl (C=O) groups excluding carboxylic acids is 1. The highest BCUT2D eigenvalue weighted by atomic mass is 16.6. The first kappa shape index (κ1) is 15.9. The number of aromatic hydroxyl groups is 1. The summed E-state index contributed by atoms with van der Waals surface area (Å²) in [7, 11) is 1.54. The summed E-state index contributed by atoms with van der Waals surface area (Å²) in [5.74, 6) is -0.771. The molecule has 110 valence electrons. The minimum Gasteiger partial charge on any atom is -0.502 e. The number of nitro benzene ring substituents is 1. The Balaban J connectivity index is 2.87. The molecule has 0 spiro atoms. The summed E-state index contributed by atoms with van der Waals surface area (Å²) in [4.78, 5) is 21.9. The molecule has 7 heteroatoms. The van der Waals surface area contributed by atoms with Crippen LogP contribution in [0, 0.1) is 16.0 Å². The average Bonchev–Trinajstić information content (AvgIpc) is 2.37. The van der Waals surface area contributed by atoms with E-state index in [9.17, 15) is 20.0 Å². The van der Waals surface area contributed by atoms with Crippen molar-refractivity contribution in [2.45, 2.75) is 19.9 Å². The lowest BCUT2D eigenvalue weighted by Gasteiger charge is -2.21. The van der Waals surface area contributed by atoms with Crippen LogP contribution in [0.5, 0.6) is 5.75 Å². The minimum absolute atomic E-state index is 0.162. The molecule has 1 amide bonds. The number of nitrogens with one attached hydrogen (secondary N) is 1. The van der Waals surface area contributed by atoms with E-state index in [2.05, 4.69) is 5.32 Å². The predicted octanol–water partition coefficient (Wildman–Crippen LogP) is 1.70. The van der Waals surface area contributed by atoms with Gasteiger partial charge in [-0.05, 0) is 18.1 Å². The van der Waals surface area contributed by atoms with Crippen LogP contribution in [-0.4, -0.2) is 35.7 Å². The van der Waals surface area contributed by atoms with E-state index in [0.29, 0.717) is 6.61 Å². The molecule has 0 fully saturated rings. The molecule has 0 bridgehead atoms. The Morgan fingerprint density at radius 2 is 2.15 bits per heavy atom. The minimum atomic E-state index is -0.709. The Morgan fingerprint density at radius 1 is 1.50 bits per heavy atom. The molecule has 0 aromatic heterocycles. The third-order valence-electron chi connectivity index (χ3n) is 2.90. The second-order valence-corrected chi connectivity index (χ2v) is 4.74. The Bertz CT molecular complexity index is 502. The second kappa shape index (κ2) is 6.85. The fourth-order valence-electron chi connectivity index (χ4n) is 1.65. The van der Waals surface area contributed by atoms with Gasteiger partial charge in [0.2, 0.25) is 0 Å². The third kappa shape index (κ3) is 3.92. The second-order valence-electron chi connectivity index (χ2n) is 4.74. The zero-order valence-electron chi connectivity index (χ0n) is 11.6. The number of phenols is 1. The Labute approximate surface area is 116 Å². The van der Waals surface area contributed by atoms with E-state index in [1.807, 2.05) is 13.8 Å². The molecule has 0 aliphatic carbocycles. The lowest BCUT2D eigenvalue weighted by Crippen LogP contribution is -2.41. The number of hydrogen-bond acceptors (Lipinski definition) is 5. The van der Waals surface area contributed by atoms with E-state index in [4.69, 9.17) is 4.74 Å². The van der Waals surface area contributed by atoms with Crippen molar-refractivity contribution in [1.82, 2.24) is 5.32 Å². The van der Waals surface area contributed by atoms with Crippen LogP contribution < -0.4 is 5.32 Å². The van der Waals surface area contributed by atoms with Crippen LogP contribution in [0.15, 0.2) is 18.2 Å². The third-order valence-corrected chi connectivity index (χ3v) is 2.90. The van der Waals surface area contributed by atoms with Gasteiger partial charge in [0.25, 0.3) is 5.91 Å². The SMILES string of the molecule is COCC(NC(=O)c1ccc([N+](=O)[O-])c(O)c1)C(C)C. The van der Waals surface area contributed by atoms with Crippen molar-refractivity contribution in [1.29, 1.82) is 0 Å². The standard InChI is InChI=1S/C13H18N2O5/c1-8(2)10(7-20-3)14-13(17)9-4-5-11(15(18)19)12(16)6-9/h4-6,8,10,16H,7H2,1-3H3,(H,14,17). The summed E-state index contributed by atoms with van der Waals surface area (Å²) in [5, 5.41) is 22.9. The molecule has 0 aliphatic rings. The molecule has 1 aromatic carbocycles. The molecular formula is C13H18N2O5. The zero-order chi connectivity index (χ0) is 15.3.